The van der Waals surface area contributed by atoms with Crippen LogP contribution in [0.5, 0.6) is 0 Å². The average Bonchev–Trinajstić information content (AvgIpc) is 3.34. The monoisotopic (exact) mass is 414 g/mol. The zero-order valence-corrected chi connectivity index (χ0v) is 17.5. The molecule has 5 rings (SSSR count). The Morgan fingerprint density at radius 1 is 1.10 bits per heavy atom. The average molecular weight is 414 g/mol. The lowest BCUT2D eigenvalue weighted by molar-refractivity contribution is 0.0472. The largest absolute Gasteiger partial charge is 0.457 e. The van der Waals surface area contributed by atoms with Crippen molar-refractivity contribution < 1.29 is 13.9 Å². The molecule has 0 radical (unpaired) electrons. The molecule has 0 saturated heterocycles. The first-order valence-electron chi connectivity index (χ1n) is 10.4. The van der Waals surface area contributed by atoms with Crippen molar-refractivity contribution in [1.29, 1.82) is 0 Å². The van der Waals surface area contributed by atoms with Crippen molar-refractivity contribution in [2.45, 2.75) is 39.7 Å². The lowest BCUT2D eigenvalue weighted by Gasteiger charge is -2.09. The summed E-state index contributed by atoms with van der Waals surface area (Å²) < 4.78 is 12.8. The predicted molar refractivity (Wildman–Crippen MR) is 117 cm³/mol. The minimum Gasteiger partial charge on any atom is -0.457 e. The van der Waals surface area contributed by atoms with Gasteiger partial charge in [0.15, 0.2) is 0 Å². The molecule has 2 aromatic heterocycles. The van der Waals surface area contributed by atoms with E-state index >= 15 is 0 Å². The number of carbonyl (C=O) groups excluding carboxylic acids is 1. The van der Waals surface area contributed by atoms with Gasteiger partial charge < -0.3 is 9.15 Å². The molecule has 0 aliphatic heterocycles. The van der Waals surface area contributed by atoms with Gasteiger partial charge >= 0.3 is 11.6 Å². The van der Waals surface area contributed by atoms with Gasteiger partial charge in [-0.3, -0.25) is 0 Å². The lowest BCUT2D eigenvalue weighted by Crippen LogP contribution is -2.10. The van der Waals surface area contributed by atoms with Gasteiger partial charge in [0.25, 0.3) is 0 Å². The topological polar surface area (TPSA) is 74.3 Å². The highest BCUT2D eigenvalue weighted by atomic mass is 16.5. The van der Waals surface area contributed by atoms with E-state index in [9.17, 15) is 9.59 Å². The van der Waals surface area contributed by atoms with Gasteiger partial charge in [0.1, 0.15) is 17.8 Å². The maximum absolute atomic E-state index is 12.9. The third-order valence-corrected chi connectivity index (χ3v) is 5.90. The molecule has 0 N–H and O–H groups in total. The Labute approximate surface area is 179 Å². The summed E-state index contributed by atoms with van der Waals surface area (Å²) in [5.41, 5.74) is 5.88. The Morgan fingerprint density at radius 3 is 2.61 bits per heavy atom. The second-order valence-electron chi connectivity index (χ2n) is 7.93. The number of ether oxygens (including phenoxy) is 1. The summed E-state index contributed by atoms with van der Waals surface area (Å²) in [6, 6.07) is 15.1. The van der Waals surface area contributed by atoms with Crippen LogP contribution in [0.3, 0.4) is 0 Å². The van der Waals surface area contributed by atoms with Gasteiger partial charge in [-0.1, -0.05) is 18.2 Å². The predicted octanol–water partition coefficient (Wildman–Crippen LogP) is 4.44. The van der Waals surface area contributed by atoms with Crippen LogP contribution < -0.4 is 5.63 Å². The van der Waals surface area contributed by atoms with Gasteiger partial charge in [-0.2, -0.15) is 5.10 Å². The molecule has 6 heteroatoms. The summed E-state index contributed by atoms with van der Waals surface area (Å²) in [6.07, 6.45) is 3.11. The van der Waals surface area contributed by atoms with Crippen molar-refractivity contribution in [3.63, 3.8) is 0 Å². The number of esters is 1. The number of para-hydroxylation sites is 1. The number of carbonyl (C=O) groups is 1. The Balaban J connectivity index is 1.45. The van der Waals surface area contributed by atoms with Crippen LogP contribution in [0.15, 0.2) is 57.7 Å². The fourth-order valence-corrected chi connectivity index (χ4v) is 4.39. The lowest BCUT2D eigenvalue weighted by atomic mass is 10.0. The van der Waals surface area contributed by atoms with Crippen LogP contribution in [0.4, 0.5) is 0 Å². The number of hydrogen-bond donors (Lipinski definition) is 0. The maximum Gasteiger partial charge on any atom is 0.342 e. The Morgan fingerprint density at radius 2 is 1.84 bits per heavy atom. The number of aromatic nitrogens is 2. The summed E-state index contributed by atoms with van der Waals surface area (Å²) in [5, 5.41) is 5.33. The molecule has 2 heterocycles. The van der Waals surface area contributed by atoms with E-state index in [-0.39, 0.29) is 6.61 Å². The molecule has 1 aliphatic rings. The molecule has 2 aromatic carbocycles. The third-order valence-electron chi connectivity index (χ3n) is 5.90. The number of nitrogens with zero attached hydrogens (tertiary/aromatic N) is 2. The first-order valence-corrected chi connectivity index (χ1v) is 10.4. The molecular weight excluding hydrogens is 392 g/mol. The number of benzene rings is 2. The van der Waals surface area contributed by atoms with Gasteiger partial charge in [-0.25, -0.2) is 14.3 Å². The maximum atomic E-state index is 12.9. The summed E-state index contributed by atoms with van der Waals surface area (Å²) in [5.74, 6) is -0.459. The summed E-state index contributed by atoms with van der Waals surface area (Å²) in [6.45, 7) is 3.63. The van der Waals surface area contributed by atoms with E-state index in [1.165, 1.54) is 17.2 Å². The second kappa shape index (κ2) is 7.54. The second-order valence-corrected chi connectivity index (χ2v) is 7.93. The van der Waals surface area contributed by atoms with Crippen LogP contribution >= 0.6 is 0 Å². The van der Waals surface area contributed by atoms with Crippen molar-refractivity contribution >= 4 is 16.9 Å². The zero-order chi connectivity index (χ0) is 21.5. The van der Waals surface area contributed by atoms with E-state index in [1.54, 1.807) is 11.6 Å². The highest BCUT2D eigenvalue weighted by Crippen LogP contribution is 2.29. The fourth-order valence-electron chi connectivity index (χ4n) is 4.39. The van der Waals surface area contributed by atoms with Gasteiger partial charge in [0.05, 0.1) is 17.1 Å². The van der Waals surface area contributed by atoms with Crippen LogP contribution in [0.1, 0.15) is 44.9 Å². The molecule has 0 fully saturated rings. The molecule has 0 bridgehead atoms. The Hall–Kier alpha value is -3.67. The van der Waals surface area contributed by atoms with Crippen molar-refractivity contribution in [3.8, 4) is 5.69 Å². The Bertz CT molecular complexity index is 1370. The zero-order valence-electron chi connectivity index (χ0n) is 17.5. The van der Waals surface area contributed by atoms with Gasteiger partial charge in [-0.15, -0.1) is 0 Å². The first-order chi connectivity index (χ1) is 15.0. The van der Waals surface area contributed by atoms with E-state index in [1.807, 2.05) is 43.3 Å². The molecule has 0 amide bonds. The van der Waals surface area contributed by atoms with Gasteiger partial charge in [0.2, 0.25) is 0 Å². The molecule has 31 heavy (non-hydrogen) atoms. The van der Waals surface area contributed by atoms with Gasteiger partial charge in [-0.05, 0) is 68.5 Å². The van der Waals surface area contributed by atoms with E-state index in [4.69, 9.17) is 9.15 Å². The molecular formula is C25H22N2O4. The minimum atomic E-state index is -0.459. The molecule has 0 unspecified atom stereocenters. The normalized spacial score (nSPS) is 12.8. The van der Waals surface area contributed by atoms with Crippen LogP contribution in [-0.2, 0) is 24.2 Å². The third kappa shape index (κ3) is 3.44. The number of aryl methyl sites for hydroxylation is 3. The molecule has 1 aliphatic carbocycles. The van der Waals surface area contributed by atoms with Crippen molar-refractivity contribution in [1.82, 2.24) is 9.78 Å². The molecule has 6 nitrogen and oxygen atoms in total. The molecule has 0 saturated carbocycles. The molecule has 156 valence electrons. The minimum absolute atomic E-state index is 0.00484. The molecule has 4 aromatic rings. The summed E-state index contributed by atoms with van der Waals surface area (Å²) >= 11 is 0. The van der Waals surface area contributed by atoms with Gasteiger partial charge in [0, 0.05) is 17.0 Å². The number of hydrogen-bond acceptors (Lipinski definition) is 5. The van der Waals surface area contributed by atoms with E-state index in [0.29, 0.717) is 28.1 Å². The van der Waals surface area contributed by atoms with E-state index in [2.05, 4.69) is 11.2 Å². The summed E-state index contributed by atoms with van der Waals surface area (Å²) in [7, 11) is 0. The van der Waals surface area contributed by atoms with E-state index in [0.717, 1.165) is 30.3 Å². The van der Waals surface area contributed by atoms with Crippen LogP contribution in [0.25, 0.3) is 16.7 Å². The SMILES string of the molecule is Cc1nn(-c2ccccc2)c(C)c1C(=O)OCc1cc(=O)oc2cc3c(cc12)CCC3. The van der Waals surface area contributed by atoms with Crippen molar-refractivity contribution in [2.24, 2.45) is 0 Å². The smallest absolute Gasteiger partial charge is 0.342 e. The van der Waals surface area contributed by atoms with Crippen molar-refractivity contribution in [2.75, 3.05) is 0 Å². The molecule has 0 spiro atoms. The van der Waals surface area contributed by atoms with Crippen molar-refractivity contribution in [3.05, 3.63) is 92.6 Å². The summed E-state index contributed by atoms with van der Waals surface area (Å²) in [4.78, 5) is 25.0. The highest BCUT2D eigenvalue weighted by molar-refractivity contribution is 5.92. The number of rotatable bonds is 4. The first kappa shape index (κ1) is 19.3. The number of fused-ring (bicyclic) bond motifs is 2. The van der Waals surface area contributed by atoms with Crippen LogP contribution in [0, 0.1) is 13.8 Å². The quantitative estimate of drug-likeness (QED) is 0.365. The van der Waals surface area contributed by atoms with E-state index < -0.39 is 11.6 Å². The standard InChI is InChI=1S/C25H22N2O4/c1-15-24(16(2)27(26-15)20-9-4-3-5-10-20)25(29)30-14-19-13-23(28)31-22-12-18-8-6-7-17(18)11-21(19)22/h3-5,9-13H,6-8,14H2,1-2H3. The Kier molecular flexibility index (Phi) is 4.70. The van der Waals surface area contributed by atoms with Crippen LogP contribution in [0.2, 0.25) is 0 Å². The van der Waals surface area contributed by atoms with Crippen LogP contribution in [-0.4, -0.2) is 15.7 Å². The highest BCUT2D eigenvalue weighted by Gasteiger charge is 2.22. The molecule has 0 atom stereocenters. The fraction of sp³-hybridized carbons (Fsp3) is 0.240.